The Hall–Kier alpha value is -0.850. The summed E-state index contributed by atoms with van der Waals surface area (Å²) in [5, 5.41) is 4.07. The first kappa shape index (κ1) is 16.5. The molecule has 1 N–H and O–H groups in total. The largest absolute Gasteiger partial charge is 0.492 e. The van der Waals surface area contributed by atoms with Crippen LogP contribution in [-0.4, -0.2) is 18.6 Å². The second kappa shape index (κ2) is 7.96. The molecule has 1 aromatic carbocycles. The van der Waals surface area contributed by atoms with Gasteiger partial charge in [-0.1, -0.05) is 24.6 Å². The average Bonchev–Trinajstić information content (AvgIpc) is 2.50. The smallest absolute Gasteiger partial charge is 0.137 e. The number of benzene rings is 1. The molecule has 0 spiro atoms. The zero-order valence-electron chi connectivity index (χ0n) is 12.1. The third-order valence-corrected chi connectivity index (χ3v) is 4.68. The van der Waals surface area contributed by atoms with Crippen LogP contribution in [0.2, 0.25) is 5.02 Å². The van der Waals surface area contributed by atoms with Crippen LogP contribution in [0.25, 0.3) is 0 Å². The molecular formula is C16H18ClIN2O. The fourth-order valence-electron chi connectivity index (χ4n) is 2.11. The fraction of sp³-hybridized carbons (Fsp3) is 0.312. The van der Waals surface area contributed by atoms with Crippen LogP contribution in [0.15, 0.2) is 36.7 Å². The first-order valence-electron chi connectivity index (χ1n) is 6.85. The molecule has 0 amide bonds. The molecule has 0 radical (unpaired) electrons. The fourth-order valence-corrected chi connectivity index (χ4v) is 2.63. The van der Waals surface area contributed by atoms with Gasteiger partial charge in [0.2, 0.25) is 0 Å². The maximum absolute atomic E-state index is 6.23. The van der Waals surface area contributed by atoms with Crippen molar-refractivity contribution in [1.29, 1.82) is 0 Å². The molecule has 1 aromatic heterocycles. The number of ether oxygens (including phenoxy) is 1. The molecule has 1 atom stereocenters. The van der Waals surface area contributed by atoms with Crippen molar-refractivity contribution in [2.24, 2.45) is 0 Å². The summed E-state index contributed by atoms with van der Waals surface area (Å²) in [6, 6.07) is 8.15. The normalized spacial score (nSPS) is 12.2. The Balaban J connectivity index is 2.30. The van der Waals surface area contributed by atoms with Crippen molar-refractivity contribution >= 4 is 34.2 Å². The van der Waals surface area contributed by atoms with Gasteiger partial charge in [-0.15, -0.1) is 0 Å². The standard InChI is InChI=1S/C16H18ClIN2O/c1-3-6-21-13-7-12(9-20-10-13)16(19-2)11-4-5-15(18)14(17)8-11/h4-5,7-10,16,19H,3,6H2,1-2H3. The van der Waals surface area contributed by atoms with Gasteiger partial charge in [0.25, 0.3) is 0 Å². The van der Waals surface area contributed by atoms with Gasteiger partial charge in [0, 0.05) is 9.77 Å². The first-order valence-corrected chi connectivity index (χ1v) is 8.31. The number of nitrogens with zero attached hydrogens (tertiary/aromatic N) is 1. The Morgan fingerprint density at radius 3 is 2.76 bits per heavy atom. The lowest BCUT2D eigenvalue weighted by Crippen LogP contribution is -2.18. The maximum atomic E-state index is 6.23. The van der Waals surface area contributed by atoms with E-state index in [1.165, 1.54) is 0 Å². The van der Waals surface area contributed by atoms with E-state index in [0.717, 1.165) is 31.9 Å². The van der Waals surface area contributed by atoms with Crippen LogP contribution in [0.3, 0.4) is 0 Å². The third kappa shape index (κ3) is 4.31. The Morgan fingerprint density at radius 2 is 2.10 bits per heavy atom. The van der Waals surface area contributed by atoms with E-state index in [0.29, 0.717) is 6.61 Å². The van der Waals surface area contributed by atoms with E-state index in [9.17, 15) is 0 Å². The number of aromatic nitrogens is 1. The Kier molecular flexibility index (Phi) is 6.26. The lowest BCUT2D eigenvalue weighted by Gasteiger charge is -2.18. The van der Waals surface area contributed by atoms with Crippen molar-refractivity contribution < 1.29 is 4.74 Å². The highest BCUT2D eigenvalue weighted by molar-refractivity contribution is 14.1. The van der Waals surface area contributed by atoms with Gasteiger partial charge in [-0.3, -0.25) is 4.98 Å². The molecule has 2 rings (SSSR count). The van der Waals surface area contributed by atoms with E-state index in [1.54, 1.807) is 6.20 Å². The summed E-state index contributed by atoms with van der Waals surface area (Å²) in [5.74, 6) is 0.797. The SMILES string of the molecule is CCCOc1cncc(C(NC)c2ccc(I)c(Cl)c2)c1. The summed E-state index contributed by atoms with van der Waals surface area (Å²) in [5.41, 5.74) is 2.17. The molecule has 1 unspecified atom stereocenters. The minimum absolute atomic E-state index is 0.0391. The van der Waals surface area contributed by atoms with Gasteiger partial charge in [-0.2, -0.15) is 0 Å². The number of nitrogens with one attached hydrogen (secondary N) is 1. The van der Waals surface area contributed by atoms with Gasteiger partial charge in [-0.25, -0.2) is 0 Å². The van der Waals surface area contributed by atoms with E-state index in [-0.39, 0.29) is 6.04 Å². The predicted molar refractivity (Wildman–Crippen MR) is 95.1 cm³/mol. The lowest BCUT2D eigenvalue weighted by atomic mass is 10.0. The van der Waals surface area contributed by atoms with Crippen LogP contribution in [0.4, 0.5) is 0 Å². The molecule has 0 bridgehead atoms. The van der Waals surface area contributed by atoms with E-state index in [4.69, 9.17) is 16.3 Å². The second-order valence-electron chi connectivity index (χ2n) is 4.70. The number of pyridine rings is 1. The summed E-state index contributed by atoms with van der Waals surface area (Å²) in [4.78, 5) is 4.27. The molecule has 21 heavy (non-hydrogen) atoms. The molecule has 0 aliphatic rings. The number of hydrogen-bond donors (Lipinski definition) is 1. The highest BCUT2D eigenvalue weighted by atomic mass is 127. The molecule has 0 saturated heterocycles. The third-order valence-electron chi connectivity index (χ3n) is 3.11. The number of rotatable bonds is 6. The first-order chi connectivity index (χ1) is 10.2. The van der Waals surface area contributed by atoms with E-state index in [2.05, 4.69) is 45.9 Å². The van der Waals surface area contributed by atoms with Crippen molar-refractivity contribution in [2.75, 3.05) is 13.7 Å². The predicted octanol–water partition coefficient (Wildman–Crippen LogP) is 4.44. The molecule has 3 nitrogen and oxygen atoms in total. The van der Waals surface area contributed by atoms with Crippen LogP contribution in [0.1, 0.15) is 30.5 Å². The molecular weight excluding hydrogens is 399 g/mol. The molecule has 112 valence electrons. The van der Waals surface area contributed by atoms with Gasteiger partial charge in [0.1, 0.15) is 5.75 Å². The molecule has 0 aliphatic heterocycles. The van der Waals surface area contributed by atoms with Crippen molar-refractivity contribution in [3.63, 3.8) is 0 Å². The van der Waals surface area contributed by atoms with Gasteiger partial charge in [-0.05, 0) is 65.4 Å². The number of halogens is 2. The van der Waals surface area contributed by atoms with E-state index >= 15 is 0 Å². The minimum Gasteiger partial charge on any atom is -0.492 e. The summed E-state index contributed by atoms with van der Waals surface area (Å²) in [6.07, 6.45) is 4.57. The Morgan fingerprint density at radius 1 is 1.29 bits per heavy atom. The van der Waals surface area contributed by atoms with Crippen LogP contribution in [-0.2, 0) is 0 Å². The minimum atomic E-state index is 0.0391. The molecule has 0 fully saturated rings. The topological polar surface area (TPSA) is 34.1 Å². The zero-order chi connectivity index (χ0) is 15.2. The Labute approximate surface area is 144 Å². The highest BCUT2D eigenvalue weighted by Gasteiger charge is 2.14. The summed E-state index contributed by atoms with van der Waals surface area (Å²) in [6.45, 7) is 2.78. The van der Waals surface area contributed by atoms with Gasteiger partial charge in [0.05, 0.1) is 23.9 Å². The summed E-state index contributed by atoms with van der Waals surface area (Å²) in [7, 11) is 1.93. The quantitative estimate of drug-likeness (QED) is 0.707. The summed E-state index contributed by atoms with van der Waals surface area (Å²) >= 11 is 8.45. The van der Waals surface area contributed by atoms with E-state index in [1.807, 2.05) is 31.4 Å². The summed E-state index contributed by atoms with van der Waals surface area (Å²) < 4.78 is 6.70. The molecule has 1 heterocycles. The van der Waals surface area contributed by atoms with Crippen molar-refractivity contribution in [2.45, 2.75) is 19.4 Å². The van der Waals surface area contributed by atoms with Gasteiger partial charge >= 0.3 is 0 Å². The Bertz CT molecular complexity index is 607. The lowest BCUT2D eigenvalue weighted by molar-refractivity contribution is 0.315. The highest BCUT2D eigenvalue weighted by Crippen LogP contribution is 2.28. The molecule has 0 aliphatic carbocycles. The van der Waals surface area contributed by atoms with Crippen LogP contribution in [0, 0.1) is 3.57 Å². The van der Waals surface area contributed by atoms with Crippen LogP contribution >= 0.6 is 34.2 Å². The van der Waals surface area contributed by atoms with Crippen molar-refractivity contribution in [3.8, 4) is 5.75 Å². The van der Waals surface area contributed by atoms with Crippen LogP contribution < -0.4 is 10.1 Å². The molecule has 2 aromatic rings. The zero-order valence-corrected chi connectivity index (χ0v) is 15.0. The molecule has 0 saturated carbocycles. The maximum Gasteiger partial charge on any atom is 0.137 e. The van der Waals surface area contributed by atoms with Crippen molar-refractivity contribution in [3.05, 3.63) is 56.4 Å². The number of hydrogen-bond acceptors (Lipinski definition) is 3. The van der Waals surface area contributed by atoms with Crippen molar-refractivity contribution in [1.82, 2.24) is 10.3 Å². The monoisotopic (exact) mass is 416 g/mol. The second-order valence-corrected chi connectivity index (χ2v) is 6.27. The van der Waals surface area contributed by atoms with E-state index < -0.39 is 0 Å². The average molecular weight is 417 g/mol. The van der Waals surface area contributed by atoms with Crippen LogP contribution in [0.5, 0.6) is 5.75 Å². The van der Waals surface area contributed by atoms with Gasteiger partial charge < -0.3 is 10.1 Å². The molecule has 5 heteroatoms. The van der Waals surface area contributed by atoms with Gasteiger partial charge in [0.15, 0.2) is 0 Å².